The fraction of sp³-hybridized carbons (Fsp3) is 0.889. The first-order valence-electron chi connectivity index (χ1n) is 8.93. The zero-order valence-corrected chi connectivity index (χ0v) is 13.5. The van der Waals surface area contributed by atoms with Crippen molar-refractivity contribution < 1.29 is 14.6 Å². The summed E-state index contributed by atoms with van der Waals surface area (Å²) in [5, 5.41) is 9.92. The van der Waals surface area contributed by atoms with Crippen molar-refractivity contribution in [2.75, 3.05) is 6.61 Å². The Morgan fingerprint density at radius 1 is 1.19 bits per heavy atom. The highest BCUT2D eigenvalue weighted by Gasteiger charge is 2.23. The lowest BCUT2D eigenvalue weighted by atomic mass is 10.0. The Labute approximate surface area is 129 Å². The Morgan fingerprint density at radius 3 is 2.76 bits per heavy atom. The van der Waals surface area contributed by atoms with E-state index in [0.717, 1.165) is 45.1 Å². The van der Waals surface area contributed by atoms with E-state index in [0.29, 0.717) is 5.92 Å². The molecule has 4 unspecified atom stereocenters. The molecule has 0 radical (unpaired) electrons. The van der Waals surface area contributed by atoms with Crippen molar-refractivity contribution in [1.29, 1.82) is 0 Å². The van der Waals surface area contributed by atoms with Gasteiger partial charge in [0.2, 0.25) is 0 Å². The maximum atomic E-state index is 9.92. The highest BCUT2D eigenvalue weighted by molar-refractivity contribution is 4.98. The number of aliphatic hydroxyl groups excluding tert-OH is 1. The largest absolute Gasteiger partial charge is 0.393 e. The third-order valence-electron chi connectivity index (χ3n) is 4.66. The average Bonchev–Trinajstić information content (AvgIpc) is 2.91. The van der Waals surface area contributed by atoms with Gasteiger partial charge in [-0.3, -0.25) is 0 Å². The molecule has 1 saturated carbocycles. The van der Waals surface area contributed by atoms with Gasteiger partial charge in [0.1, 0.15) is 0 Å². The Balaban J connectivity index is 1.82. The molecule has 2 aliphatic rings. The molecule has 0 aromatic rings. The van der Waals surface area contributed by atoms with Gasteiger partial charge in [-0.05, 0) is 38.5 Å². The Morgan fingerprint density at radius 2 is 2.10 bits per heavy atom. The molecular formula is C18H32O3. The molecule has 4 atom stereocenters. The first-order chi connectivity index (χ1) is 10.3. The van der Waals surface area contributed by atoms with Crippen molar-refractivity contribution in [3.63, 3.8) is 0 Å². The van der Waals surface area contributed by atoms with Crippen LogP contribution in [0.2, 0.25) is 0 Å². The summed E-state index contributed by atoms with van der Waals surface area (Å²) in [5.41, 5.74) is 0. The Bertz CT molecular complexity index is 297. The summed E-state index contributed by atoms with van der Waals surface area (Å²) in [7, 11) is 0. The van der Waals surface area contributed by atoms with Gasteiger partial charge in [0.25, 0.3) is 0 Å². The van der Waals surface area contributed by atoms with Crippen molar-refractivity contribution in [3.8, 4) is 0 Å². The van der Waals surface area contributed by atoms with Crippen molar-refractivity contribution in [2.45, 2.75) is 89.6 Å². The van der Waals surface area contributed by atoms with Gasteiger partial charge in [-0.25, -0.2) is 0 Å². The second-order valence-electron chi connectivity index (χ2n) is 6.51. The Kier molecular flexibility index (Phi) is 7.76. The van der Waals surface area contributed by atoms with Crippen LogP contribution in [0.3, 0.4) is 0 Å². The number of hydrogen-bond donors (Lipinski definition) is 1. The molecule has 1 aliphatic heterocycles. The molecule has 0 aromatic heterocycles. The minimum absolute atomic E-state index is 0.0245. The molecule has 0 amide bonds. The van der Waals surface area contributed by atoms with E-state index < -0.39 is 0 Å². The van der Waals surface area contributed by atoms with E-state index in [9.17, 15) is 5.11 Å². The monoisotopic (exact) mass is 296 g/mol. The summed E-state index contributed by atoms with van der Waals surface area (Å²) in [4.78, 5) is 0. The first-order valence-corrected chi connectivity index (χ1v) is 8.93. The molecular weight excluding hydrogens is 264 g/mol. The van der Waals surface area contributed by atoms with Crippen LogP contribution in [0.15, 0.2) is 12.2 Å². The predicted molar refractivity (Wildman–Crippen MR) is 85.1 cm³/mol. The fourth-order valence-electron chi connectivity index (χ4n) is 3.28. The van der Waals surface area contributed by atoms with Gasteiger partial charge in [0.05, 0.1) is 12.2 Å². The minimum Gasteiger partial charge on any atom is -0.393 e. The molecule has 3 heteroatoms. The summed E-state index contributed by atoms with van der Waals surface area (Å²) in [6.07, 6.45) is 15.7. The van der Waals surface area contributed by atoms with E-state index in [-0.39, 0.29) is 18.5 Å². The van der Waals surface area contributed by atoms with Crippen LogP contribution in [0.5, 0.6) is 0 Å². The van der Waals surface area contributed by atoms with Crippen LogP contribution in [0, 0.1) is 5.92 Å². The van der Waals surface area contributed by atoms with Crippen LogP contribution in [0.4, 0.5) is 0 Å². The number of rotatable bonds is 8. The lowest BCUT2D eigenvalue weighted by Gasteiger charge is -2.26. The number of hydrogen-bond acceptors (Lipinski definition) is 3. The molecule has 0 bridgehead atoms. The van der Waals surface area contributed by atoms with Gasteiger partial charge in [0, 0.05) is 12.5 Å². The second-order valence-corrected chi connectivity index (χ2v) is 6.51. The van der Waals surface area contributed by atoms with E-state index in [1.807, 2.05) is 0 Å². The average molecular weight is 296 g/mol. The van der Waals surface area contributed by atoms with Crippen molar-refractivity contribution in [2.24, 2.45) is 5.92 Å². The molecule has 1 N–H and O–H groups in total. The summed E-state index contributed by atoms with van der Waals surface area (Å²) in [5.74, 6) is 0.328. The molecule has 0 aromatic carbocycles. The van der Waals surface area contributed by atoms with Gasteiger partial charge in [-0.15, -0.1) is 0 Å². The summed E-state index contributed by atoms with van der Waals surface area (Å²) < 4.78 is 11.8. The van der Waals surface area contributed by atoms with Gasteiger partial charge in [0.15, 0.2) is 6.29 Å². The molecule has 0 spiro atoms. The smallest absolute Gasteiger partial charge is 0.158 e. The lowest BCUT2D eigenvalue weighted by molar-refractivity contribution is -0.179. The van der Waals surface area contributed by atoms with E-state index in [1.165, 1.54) is 25.7 Å². The first kappa shape index (κ1) is 17.0. The summed E-state index contributed by atoms with van der Waals surface area (Å²) >= 11 is 0. The number of aliphatic hydroxyl groups is 1. The highest BCUT2D eigenvalue weighted by Crippen LogP contribution is 2.27. The van der Waals surface area contributed by atoms with E-state index >= 15 is 0 Å². The van der Waals surface area contributed by atoms with Gasteiger partial charge >= 0.3 is 0 Å². The number of ether oxygens (including phenoxy) is 2. The quantitative estimate of drug-likeness (QED) is 0.539. The van der Waals surface area contributed by atoms with Crippen LogP contribution >= 0.6 is 0 Å². The van der Waals surface area contributed by atoms with Crippen molar-refractivity contribution >= 4 is 0 Å². The van der Waals surface area contributed by atoms with Gasteiger partial charge in [-0.1, -0.05) is 44.8 Å². The fourth-order valence-corrected chi connectivity index (χ4v) is 3.28. The second kappa shape index (κ2) is 9.60. The van der Waals surface area contributed by atoms with Gasteiger partial charge < -0.3 is 14.6 Å². The molecule has 1 heterocycles. The topological polar surface area (TPSA) is 38.7 Å². The molecule has 3 nitrogen and oxygen atoms in total. The SMILES string of the molecule is CCCCCC(/C=C/C1CCCC1O)OC1CCCCO1. The van der Waals surface area contributed by atoms with Crippen molar-refractivity contribution in [3.05, 3.63) is 12.2 Å². The normalized spacial score (nSPS) is 31.8. The molecule has 21 heavy (non-hydrogen) atoms. The summed E-state index contributed by atoms with van der Waals surface area (Å²) in [6.45, 7) is 3.06. The maximum absolute atomic E-state index is 9.92. The van der Waals surface area contributed by atoms with Crippen LogP contribution in [-0.4, -0.2) is 30.2 Å². The lowest BCUT2D eigenvalue weighted by Crippen LogP contribution is -2.27. The summed E-state index contributed by atoms with van der Waals surface area (Å²) in [6, 6.07) is 0. The van der Waals surface area contributed by atoms with E-state index in [4.69, 9.17) is 9.47 Å². The maximum Gasteiger partial charge on any atom is 0.158 e. The van der Waals surface area contributed by atoms with Crippen molar-refractivity contribution in [1.82, 2.24) is 0 Å². The molecule has 1 saturated heterocycles. The molecule has 2 rings (SSSR count). The third kappa shape index (κ3) is 6.09. The molecule has 122 valence electrons. The predicted octanol–water partition coefficient (Wildman–Crippen LogP) is 4.20. The van der Waals surface area contributed by atoms with Crippen LogP contribution in [-0.2, 0) is 9.47 Å². The third-order valence-corrected chi connectivity index (χ3v) is 4.66. The zero-order valence-electron chi connectivity index (χ0n) is 13.5. The standard InChI is InChI=1S/C18H32O3/c1-2-3-4-9-16(21-18-11-5-6-14-20-18)13-12-15-8-7-10-17(15)19/h12-13,15-19H,2-11,14H2,1H3/b13-12+. The Hall–Kier alpha value is -0.380. The molecule has 1 aliphatic carbocycles. The van der Waals surface area contributed by atoms with Crippen LogP contribution < -0.4 is 0 Å². The van der Waals surface area contributed by atoms with Crippen LogP contribution in [0.1, 0.15) is 71.1 Å². The minimum atomic E-state index is -0.150. The highest BCUT2D eigenvalue weighted by atomic mass is 16.7. The van der Waals surface area contributed by atoms with Crippen LogP contribution in [0.25, 0.3) is 0 Å². The molecule has 2 fully saturated rings. The van der Waals surface area contributed by atoms with E-state index in [2.05, 4.69) is 19.1 Å². The van der Waals surface area contributed by atoms with E-state index in [1.54, 1.807) is 0 Å². The van der Waals surface area contributed by atoms with Gasteiger partial charge in [-0.2, -0.15) is 0 Å². The zero-order chi connectivity index (χ0) is 14.9. The number of unbranched alkanes of at least 4 members (excludes halogenated alkanes) is 2.